The molecule has 1 aliphatic rings. The molecule has 1 saturated heterocycles. The summed E-state index contributed by atoms with van der Waals surface area (Å²) in [6, 6.07) is 13.6. The predicted octanol–water partition coefficient (Wildman–Crippen LogP) is 2.73. The Morgan fingerprint density at radius 2 is 1.66 bits per heavy atom. The van der Waals surface area contributed by atoms with Crippen LogP contribution in [-0.2, 0) is 9.59 Å². The van der Waals surface area contributed by atoms with Crippen molar-refractivity contribution in [3.63, 3.8) is 0 Å². The Bertz CT molecular complexity index is 893. The number of hydrogen-bond acceptors (Lipinski definition) is 4. The molecule has 152 valence electrons. The number of anilines is 2. The first-order valence-electron chi connectivity index (χ1n) is 9.40. The van der Waals surface area contributed by atoms with Crippen LogP contribution in [-0.4, -0.2) is 42.3 Å². The van der Waals surface area contributed by atoms with Crippen LogP contribution in [0.3, 0.4) is 0 Å². The van der Waals surface area contributed by atoms with E-state index < -0.39 is 0 Å². The van der Waals surface area contributed by atoms with Gasteiger partial charge in [-0.1, -0.05) is 23.7 Å². The van der Waals surface area contributed by atoms with Crippen molar-refractivity contribution in [1.29, 1.82) is 0 Å². The van der Waals surface area contributed by atoms with Crippen LogP contribution in [0.25, 0.3) is 0 Å². The van der Waals surface area contributed by atoms with Crippen LogP contribution in [0, 0.1) is 5.92 Å². The minimum atomic E-state index is -0.328. The van der Waals surface area contributed by atoms with Crippen molar-refractivity contribution in [2.75, 3.05) is 30.3 Å². The lowest BCUT2D eigenvalue weighted by Gasteiger charge is -2.29. The topological polar surface area (TPSA) is 105 Å². The molecule has 0 unspecified atom stereocenters. The van der Waals surface area contributed by atoms with Gasteiger partial charge in [-0.05, 0) is 62.3 Å². The van der Waals surface area contributed by atoms with Crippen LogP contribution in [0.5, 0.6) is 0 Å². The fraction of sp³-hybridized carbons (Fsp3) is 0.286. The minimum absolute atomic E-state index is 0.119. The van der Waals surface area contributed by atoms with Gasteiger partial charge in [0.15, 0.2) is 0 Å². The second-order valence-corrected chi connectivity index (χ2v) is 7.44. The zero-order valence-corrected chi connectivity index (χ0v) is 16.6. The second kappa shape index (κ2) is 9.54. The van der Waals surface area contributed by atoms with Crippen LogP contribution in [0.1, 0.15) is 23.2 Å². The molecular weight excluding hydrogens is 392 g/mol. The van der Waals surface area contributed by atoms with E-state index >= 15 is 0 Å². The zero-order valence-electron chi connectivity index (χ0n) is 15.9. The van der Waals surface area contributed by atoms with E-state index in [1.54, 1.807) is 48.5 Å². The number of nitrogens with one attached hydrogen (secondary N) is 2. The molecule has 3 amide bonds. The van der Waals surface area contributed by atoms with Gasteiger partial charge in [0, 0.05) is 16.6 Å². The molecule has 7 nitrogen and oxygen atoms in total. The Morgan fingerprint density at radius 1 is 1.00 bits per heavy atom. The van der Waals surface area contributed by atoms with E-state index in [1.807, 2.05) is 4.90 Å². The van der Waals surface area contributed by atoms with Crippen molar-refractivity contribution in [2.24, 2.45) is 11.7 Å². The number of primary amides is 1. The van der Waals surface area contributed by atoms with Crippen LogP contribution in [0.2, 0.25) is 5.02 Å². The van der Waals surface area contributed by atoms with E-state index in [4.69, 9.17) is 17.3 Å². The van der Waals surface area contributed by atoms with Gasteiger partial charge in [0.2, 0.25) is 11.8 Å². The molecule has 0 aliphatic carbocycles. The zero-order chi connectivity index (χ0) is 20.8. The quantitative estimate of drug-likeness (QED) is 0.675. The van der Waals surface area contributed by atoms with E-state index in [-0.39, 0.29) is 30.2 Å². The number of hydrogen-bond donors (Lipinski definition) is 3. The van der Waals surface area contributed by atoms with Crippen LogP contribution >= 0.6 is 11.6 Å². The van der Waals surface area contributed by atoms with Gasteiger partial charge < -0.3 is 16.4 Å². The highest BCUT2D eigenvalue weighted by atomic mass is 35.5. The molecule has 8 heteroatoms. The number of likely N-dealkylation sites (tertiary alicyclic amines) is 1. The number of carbonyl (C=O) groups excluding carboxylic acids is 3. The summed E-state index contributed by atoms with van der Waals surface area (Å²) >= 11 is 5.86. The van der Waals surface area contributed by atoms with Crippen molar-refractivity contribution in [3.05, 3.63) is 59.1 Å². The summed E-state index contributed by atoms with van der Waals surface area (Å²) in [6.45, 7) is 1.47. The monoisotopic (exact) mass is 414 g/mol. The first-order chi connectivity index (χ1) is 13.9. The Hall–Kier alpha value is -2.90. The number of amides is 3. The van der Waals surface area contributed by atoms with Gasteiger partial charge >= 0.3 is 0 Å². The predicted molar refractivity (Wildman–Crippen MR) is 113 cm³/mol. The second-order valence-electron chi connectivity index (χ2n) is 7.01. The van der Waals surface area contributed by atoms with Crippen molar-refractivity contribution >= 4 is 40.7 Å². The Balaban J connectivity index is 1.60. The molecule has 4 N–H and O–H groups in total. The van der Waals surface area contributed by atoms with Gasteiger partial charge in [0.25, 0.3) is 5.91 Å². The number of benzene rings is 2. The van der Waals surface area contributed by atoms with Gasteiger partial charge in [0.1, 0.15) is 0 Å². The summed E-state index contributed by atoms with van der Waals surface area (Å²) in [5, 5.41) is 6.19. The first-order valence-corrected chi connectivity index (χ1v) is 9.77. The van der Waals surface area contributed by atoms with E-state index in [9.17, 15) is 14.4 Å². The summed E-state index contributed by atoms with van der Waals surface area (Å²) in [6.07, 6.45) is 1.31. The van der Waals surface area contributed by atoms with Gasteiger partial charge in [-0.15, -0.1) is 0 Å². The lowest BCUT2D eigenvalue weighted by Crippen LogP contribution is -2.42. The third-order valence-electron chi connectivity index (χ3n) is 4.91. The molecule has 0 aromatic heterocycles. The summed E-state index contributed by atoms with van der Waals surface area (Å²) in [5.74, 6) is -0.943. The van der Waals surface area contributed by atoms with Gasteiger partial charge in [0.05, 0.1) is 17.8 Å². The van der Waals surface area contributed by atoms with Crippen LogP contribution < -0.4 is 16.4 Å². The van der Waals surface area contributed by atoms with E-state index in [0.717, 1.165) is 0 Å². The van der Waals surface area contributed by atoms with Crippen LogP contribution in [0.4, 0.5) is 11.4 Å². The molecule has 2 aromatic carbocycles. The number of nitrogens with two attached hydrogens (primary N) is 1. The summed E-state index contributed by atoms with van der Waals surface area (Å²) in [7, 11) is 0. The van der Waals surface area contributed by atoms with E-state index in [2.05, 4.69) is 10.6 Å². The smallest absolute Gasteiger partial charge is 0.257 e. The van der Waals surface area contributed by atoms with Crippen molar-refractivity contribution < 1.29 is 14.4 Å². The van der Waals surface area contributed by atoms with E-state index in [0.29, 0.717) is 47.9 Å². The highest BCUT2D eigenvalue weighted by Crippen LogP contribution is 2.20. The third-order valence-corrected chi connectivity index (χ3v) is 5.16. The molecular formula is C21H23ClN4O3. The minimum Gasteiger partial charge on any atom is -0.369 e. The van der Waals surface area contributed by atoms with Crippen LogP contribution in [0.15, 0.2) is 48.5 Å². The number of halogens is 1. The number of nitrogens with zero attached hydrogens (tertiary/aromatic N) is 1. The molecule has 0 bridgehead atoms. The maximum Gasteiger partial charge on any atom is 0.257 e. The molecule has 0 spiro atoms. The standard InChI is InChI=1S/C21H23ClN4O3/c22-15-5-7-16(8-6-15)24-21(29)17-3-1-2-4-18(17)25-19(27)13-26-11-9-14(10-12-26)20(23)28/h1-8,14H,9-13H2,(H2,23,28)(H,24,29)(H,25,27). The van der Waals surface area contributed by atoms with Crippen molar-refractivity contribution in [1.82, 2.24) is 4.90 Å². The molecule has 1 heterocycles. The molecule has 1 fully saturated rings. The largest absolute Gasteiger partial charge is 0.369 e. The van der Waals surface area contributed by atoms with E-state index in [1.165, 1.54) is 0 Å². The lowest BCUT2D eigenvalue weighted by atomic mass is 9.96. The SMILES string of the molecule is NC(=O)C1CCN(CC(=O)Nc2ccccc2C(=O)Nc2ccc(Cl)cc2)CC1. The average molecular weight is 415 g/mol. The fourth-order valence-electron chi connectivity index (χ4n) is 3.29. The maximum atomic E-state index is 12.6. The van der Waals surface area contributed by atoms with Gasteiger partial charge in [-0.3, -0.25) is 19.3 Å². The number of piperidine rings is 1. The summed E-state index contributed by atoms with van der Waals surface area (Å²) in [4.78, 5) is 38.3. The molecule has 0 saturated carbocycles. The summed E-state index contributed by atoms with van der Waals surface area (Å²) < 4.78 is 0. The summed E-state index contributed by atoms with van der Waals surface area (Å²) in [5.41, 5.74) is 6.76. The third kappa shape index (κ3) is 5.79. The number of carbonyl (C=O) groups is 3. The normalized spacial score (nSPS) is 14.9. The number of rotatable bonds is 6. The van der Waals surface area contributed by atoms with Gasteiger partial charge in [-0.25, -0.2) is 0 Å². The average Bonchev–Trinajstić information content (AvgIpc) is 2.70. The molecule has 0 radical (unpaired) electrons. The van der Waals surface area contributed by atoms with Crippen molar-refractivity contribution in [3.8, 4) is 0 Å². The highest BCUT2D eigenvalue weighted by molar-refractivity contribution is 6.30. The molecule has 29 heavy (non-hydrogen) atoms. The Morgan fingerprint density at radius 3 is 2.31 bits per heavy atom. The Kier molecular flexibility index (Phi) is 6.85. The maximum absolute atomic E-state index is 12.6. The number of para-hydroxylation sites is 1. The Labute approximate surface area is 174 Å². The molecule has 3 rings (SSSR count). The van der Waals surface area contributed by atoms with Crippen molar-refractivity contribution in [2.45, 2.75) is 12.8 Å². The molecule has 2 aromatic rings. The molecule has 0 atom stereocenters. The van der Waals surface area contributed by atoms with Gasteiger partial charge in [-0.2, -0.15) is 0 Å². The highest BCUT2D eigenvalue weighted by Gasteiger charge is 2.24. The molecule has 1 aliphatic heterocycles. The lowest BCUT2D eigenvalue weighted by molar-refractivity contribution is -0.123. The fourth-order valence-corrected chi connectivity index (χ4v) is 3.42. The first kappa shape index (κ1) is 20.8.